The minimum absolute atomic E-state index is 0.166. The Morgan fingerprint density at radius 2 is 2.16 bits per heavy atom. The molecule has 1 aliphatic rings. The minimum Gasteiger partial charge on any atom is -0.478 e. The van der Waals surface area contributed by atoms with E-state index in [2.05, 4.69) is 0 Å². The Kier molecular flexibility index (Phi) is 6.44. The molecule has 0 aromatic rings. The van der Waals surface area contributed by atoms with Crippen LogP contribution in [0.4, 0.5) is 0 Å². The fraction of sp³-hybridized carbons (Fsp3) is 0.769. The van der Waals surface area contributed by atoms with Gasteiger partial charge in [-0.05, 0) is 26.7 Å². The highest BCUT2D eigenvalue weighted by Crippen LogP contribution is 2.22. The third kappa shape index (κ3) is 5.69. The third-order valence-electron chi connectivity index (χ3n) is 3.05. The second-order valence-electron chi connectivity index (χ2n) is 4.84. The molecule has 0 saturated carbocycles. The molecule has 0 aliphatic carbocycles. The third-order valence-corrected chi connectivity index (χ3v) is 3.05. The number of carboxylic acids is 1. The van der Waals surface area contributed by atoms with Crippen molar-refractivity contribution in [3.8, 4) is 0 Å². The topological polar surface area (TPSA) is 96.2 Å². The first-order chi connectivity index (χ1) is 8.90. The SMILES string of the molecule is C[C@H](CCC=CC(=O)O)O[C@@H]1O[C@@H](C)[C@H](O)C[C@H]1O. The molecule has 1 fully saturated rings. The molecule has 6 nitrogen and oxygen atoms in total. The van der Waals surface area contributed by atoms with Gasteiger partial charge in [0.05, 0.1) is 18.3 Å². The molecule has 0 unspecified atom stereocenters. The molecule has 0 bridgehead atoms. The van der Waals surface area contributed by atoms with Crippen LogP contribution < -0.4 is 0 Å². The van der Waals surface area contributed by atoms with Gasteiger partial charge in [0.1, 0.15) is 6.10 Å². The van der Waals surface area contributed by atoms with Crippen molar-refractivity contribution in [3.63, 3.8) is 0 Å². The van der Waals surface area contributed by atoms with Crippen LogP contribution in [0, 0.1) is 0 Å². The molecule has 0 radical (unpaired) electrons. The van der Waals surface area contributed by atoms with E-state index in [9.17, 15) is 15.0 Å². The molecule has 1 rings (SSSR count). The fourth-order valence-electron chi connectivity index (χ4n) is 1.88. The average Bonchev–Trinajstić information content (AvgIpc) is 2.31. The molecule has 19 heavy (non-hydrogen) atoms. The number of aliphatic hydroxyl groups excluding tert-OH is 2. The molecule has 1 saturated heterocycles. The number of hydrogen-bond acceptors (Lipinski definition) is 5. The lowest BCUT2D eigenvalue weighted by atomic mass is 10.0. The molecule has 1 aliphatic heterocycles. The van der Waals surface area contributed by atoms with Crippen LogP contribution in [-0.2, 0) is 14.3 Å². The van der Waals surface area contributed by atoms with Gasteiger partial charge in [-0.25, -0.2) is 4.79 Å². The van der Waals surface area contributed by atoms with E-state index in [0.29, 0.717) is 12.8 Å². The summed E-state index contributed by atoms with van der Waals surface area (Å²) in [6.07, 6.45) is 1.31. The van der Waals surface area contributed by atoms with Gasteiger partial charge in [-0.2, -0.15) is 0 Å². The normalized spacial score (nSPS) is 33.5. The van der Waals surface area contributed by atoms with Crippen molar-refractivity contribution in [1.82, 2.24) is 0 Å². The first-order valence-corrected chi connectivity index (χ1v) is 6.46. The van der Waals surface area contributed by atoms with Crippen molar-refractivity contribution in [2.75, 3.05) is 0 Å². The quantitative estimate of drug-likeness (QED) is 0.616. The zero-order chi connectivity index (χ0) is 14.4. The van der Waals surface area contributed by atoms with Gasteiger partial charge in [0, 0.05) is 12.5 Å². The summed E-state index contributed by atoms with van der Waals surface area (Å²) in [6.45, 7) is 3.56. The van der Waals surface area contributed by atoms with Crippen LogP contribution in [0.5, 0.6) is 0 Å². The Labute approximate surface area is 112 Å². The van der Waals surface area contributed by atoms with Gasteiger partial charge >= 0.3 is 5.97 Å². The maximum absolute atomic E-state index is 10.3. The highest BCUT2D eigenvalue weighted by Gasteiger charge is 2.35. The zero-order valence-corrected chi connectivity index (χ0v) is 11.2. The van der Waals surface area contributed by atoms with E-state index in [1.54, 1.807) is 13.0 Å². The summed E-state index contributed by atoms with van der Waals surface area (Å²) >= 11 is 0. The molecule has 1 heterocycles. The second kappa shape index (κ2) is 7.59. The molecule has 0 spiro atoms. The van der Waals surface area contributed by atoms with Crippen LogP contribution in [0.15, 0.2) is 12.2 Å². The van der Waals surface area contributed by atoms with Gasteiger partial charge in [-0.1, -0.05) is 6.08 Å². The van der Waals surface area contributed by atoms with E-state index in [-0.39, 0.29) is 18.6 Å². The Bertz CT molecular complexity index is 316. The molecule has 110 valence electrons. The van der Waals surface area contributed by atoms with E-state index < -0.39 is 24.5 Å². The Hall–Kier alpha value is -0.950. The highest BCUT2D eigenvalue weighted by molar-refractivity contribution is 5.79. The lowest BCUT2D eigenvalue weighted by molar-refractivity contribution is -0.273. The van der Waals surface area contributed by atoms with Crippen molar-refractivity contribution >= 4 is 5.97 Å². The standard InChI is InChI=1S/C13H22O6/c1-8(5-3-4-6-12(16)17)18-13-11(15)7-10(14)9(2)19-13/h4,6,8-11,13-15H,3,5,7H2,1-2H3,(H,16,17)/t8-,9+,10-,11-,13-/m1/s1. The Balaban J connectivity index is 2.31. The lowest BCUT2D eigenvalue weighted by Gasteiger charge is -2.36. The number of carboxylic acid groups (broad SMARTS) is 1. The summed E-state index contributed by atoms with van der Waals surface area (Å²) in [5, 5.41) is 27.7. The van der Waals surface area contributed by atoms with Gasteiger partial charge in [0.25, 0.3) is 0 Å². The van der Waals surface area contributed by atoms with Gasteiger partial charge in [0.2, 0.25) is 0 Å². The summed E-state index contributed by atoms with van der Waals surface area (Å²) in [5.41, 5.74) is 0. The minimum atomic E-state index is -0.970. The van der Waals surface area contributed by atoms with Crippen molar-refractivity contribution in [1.29, 1.82) is 0 Å². The first-order valence-electron chi connectivity index (χ1n) is 6.46. The molecule has 0 aromatic carbocycles. The van der Waals surface area contributed by atoms with E-state index >= 15 is 0 Å². The number of ether oxygens (including phenoxy) is 2. The summed E-state index contributed by atoms with van der Waals surface area (Å²) in [5.74, 6) is -0.970. The second-order valence-corrected chi connectivity index (χ2v) is 4.84. The van der Waals surface area contributed by atoms with Gasteiger partial charge in [-0.15, -0.1) is 0 Å². The highest BCUT2D eigenvalue weighted by atomic mass is 16.7. The largest absolute Gasteiger partial charge is 0.478 e. The van der Waals surface area contributed by atoms with Crippen LogP contribution in [0.25, 0.3) is 0 Å². The zero-order valence-electron chi connectivity index (χ0n) is 11.2. The maximum Gasteiger partial charge on any atom is 0.327 e. The summed E-state index contributed by atoms with van der Waals surface area (Å²) in [6, 6.07) is 0. The van der Waals surface area contributed by atoms with Crippen molar-refractivity contribution < 1.29 is 29.6 Å². The van der Waals surface area contributed by atoms with Gasteiger partial charge in [0.15, 0.2) is 6.29 Å². The van der Waals surface area contributed by atoms with Gasteiger partial charge < -0.3 is 24.8 Å². The Morgan fingerprint density at radius 1 is 1.47 bits per heavy atom. The van der Waals surface area contributed by atoms with E-state index in [0.717, 1.165) is 6.08 Å². The average molecular weight is 274 g/mol. The number of carbonyl (C=O) groups is 1. The maximum atomic E-state index is 10.3. The van der Waals surface area contributed by atoms with Gasteiger partial charge in [-0.3, -0.25) is 0 Å². The summed E-state index contributed by atoms with van der Waals surface area (Å²) in [4.78, 5) is 10.3. The smallest absolute Gasteiger partial charge is 0.327 e. The van der Waals surface area contributed by atoms with Crippen LogP contribution in [-0.4, -0.2) is 52.0 Å². The number of rotatable bonds is 6. The van der Waals surface area contributed by atoms with Crippen LogP contribution in [0.2, 0.25) is 0 Å². The van der Waals surface area contributed by atoms with E-state index in [1.807, 2.05) is 6.92 Å². The molecule has 3 N–H and O–H groups in total. The summed E-state index contributed by atoms with van der Waals surface area (Å²) in [7, 11) is 0. The predicted molar refractivity (Wildman–Crippen MR) is 67.5 cm³/mol. The van der Waals surface area contributed by atoms with Crippen LogP contribution in [0.3, 0.4) is 0 Å². The number of hydrogen-bond donors (Lipinski definition) is 3. The van der Waals surface area contributed by atoms with Crippen LogP contribution >= 0.6 is 0 Å². The van der Waals surface area contributed by atoms with Crippen molar-refractivity contribution in [3.05, 3.63) is 12.2 Å². The lowest BCUT2D eigenvalue weighted by Crippen LogP contribution is -2.48. The van der Waals surface area contributed by atoms with E-state index in [4.69, 9.17) is 14.6 Å². The van der Waals surface area contributed by atoms with E-state index in [1.165, 1.54) is 0 Å². The van der Waals surface area contributed by atoms with Crippen molar-refractivity contribution in [2.45, 2.75) is 63.8 Å². The number of aliphatic hydroxyl groups is 2. The Morgan fingerprint density at radius 3 is 2.79 bits per heavy atom. The number of allylic oxidation sites excluding steroid dienone is 1. The molecular formula is C13H22O6. The fourth-order valence-corrected chi connectivity index (χ4v) is 1.88. The predicted octanol–water partition coefficient (Wildman–Crippen LogP) is 0.669. The monoisotopic (exact) mass is 274 g/mol. The summed E-state index contributed by atoms with van der Waals surface area (Å²) < 4.78 is 11.0. The number of aliphatic carboxylic acids is 1. The van der Waals surface area contributed by atoms with Crippen molar-refractivity contribution in [2.24, 2.45) is 0 Å². The molecular weight excluding hydrogens is 252 g/mol. The molecule has 6 heteroatoms. The van der Waals surface area contributed by atoms with Crippen LogP contribution in [0.1, 0.15) is 33.1 Å². The molecule has 0 aromatic heterocycles. The first kappa shape index (κ1) is 16.1. The molecule has 5 atom stereocenters. The molecule has 0 amide bonds.